The minimum atomic E-state index is -2.97. The summed E-state index contributed by atoms with van der Waals surface area (Å²) >= 11 is 1.26. The maximum absolute atomic E-state index is 12.6. The van der Waals surface area contributed by atoms with Gasteiger partial charge in [0.15, 0.2) is 0 Å². The van der Waals surface area contributed by atoms with E-state index >= 15 is 0 Å². The summed E-state index contributed by atoms with van der Waals surface area (Å²) in [5.41, 5.74) is 2.97. The van der Waals surface area contributed by atoms with Crippen molar-refractivity contribution in [3.05, 3.63) is 75.5 Å². The zero-order chi connectivity index (χ0) is 20.1. The summed E-state index contributed by atoms with van der Waals surface area (Å²) < 4.78 is 35.3. The van der Waals surface area contributed by atoms with E-state index in [1.54, 1.807) is 25.1 Å². The maximum atomic E-state index is 12.6. The Kier molecular flexibility index (Phi) is 6.26. The number of thiophene rings is 1. The second kappa shape index (κ2) is 8.84. The molecule has 4 nitrogen and oxygen atoms in total. The van der Waals surface area contributed by atoms with Crippen LogP contribution in [0.15, 0.2) is 53.9 Å². The van der Waals surface area contributed by atoms with E-state index in [2.05, 4.69) is 10.1 Å². The van der Waals surface area contributed by atoms with Gasteiger partial charge >= 0.3 is 6.61 Å². The van der Waals surface area contributed by atoms with Crippen molar-refractivity contribution in [2.75, 3.05) is 5.32 Å². The van der Waals surface area contributed by atoms with Gasteiger partial charge in [0.1, 0.15) is 18.1 Å². The first-order chi connectivity index (χ1) is 13.4. The summed E-state index contributed by atoms with van der Waals surface area (Å²) in [6.07, 6.45) is 0. The first-order valence-corrected chi connectivity index (χ1v) is 9.42. The smallest absolute Gasteiger partial charge is 0.387 e. The normalized spacial score (nSPS) is 10.8. The van der Waals surface area contributed by atoms with Crippen molar-refractivity contribution in [1.29, 1.82) is 0 Å². The van der Waals surface area contributed by atoms with E-state index in [1.807, 2.05) is 36.6 Å². The second-order valence-corrected chi connectivity index (χ2v) is 7.17. The minimum Gasteiger partial charge on any atom is -0.489 e. The predicted molar refractivity (Wildman–Crippen MR) is 106 cm³/mol. The number of carbonyl (C=O) groups is 1. The fourth-order valence-electron chi connectivity index (χ4n) is 2.57. The van der Waals surface area contributed by atoms with Gasteiger partial charge < -0.3 is 14.8 Å². The fourth-order valence-corrected chi connectivity index (χ4v) is 3.36. The molecule has 0 spiro atoms. The molecule has 1 N–H and O–H groups in total. The number of anilines is 1. The van der Waals surface area contributed by atoms with Crippen molar-refractivity contribution in [1.82, 2.24) is 0 Å². The number of hydrogen-bond donors (Lipinski definition) is 1. The molecular formula is C21H19F2NO3S. The number of benzene rings is 2. The number of aryl methyl sites for hydroxylation is 2. The van der Waals surface area contributed by atoms with Gasteiger partial charge in [-0.25, -0.2) is 0 Å². The number of ether oxygens (including phenoxy) is 2. The van der Waals surface area contributed by atoms with Crippen molar-refractivity contribution in [3.63, 3.8) is 0 Å². The molecule has 3 rings (SSSR count). The van der Waals surface area contributed by atoms with Gasteiger partial charge in [-0.05, 0) is 60.7 Å². The van der Waals surface area contributed by atoms with Gasteiger partial charge in [0, 0.05) is 5.56 Å². The number of carbonyl (C=O) groups excluding carboxylic acids is 1. The quantitative estimate of drug-likeness (QED) is 0.543. The third-order valence-corrected chi connectivity index (χ3v) is 4.85. The highest BCUT2D eigenvalue weighted by Gasteiger charge is 2.15. The summed E-state index contributed by atoms with van der Waals surface area (Å²) in [6.45, 7) is 1.15. The van der Waals surface area contributed by atoms with Gasteiger partial charge in [-0.1, -0.05) is 18.2 Å². The predicted octanol–water partition coefficient (Wildman–Crippen LogP) is 5.80. The Labute approximate surface area is 165 Å². The SMILES string of the molecule is Cc1cccc(OCc2csc(C(=O)Nc3cc(C)ccc3OC(F)F)c2)c1. The molecule has 0 aliphatic carbocycles. The molecule has 1 amide bonds. The van der Waals surface area contributed by atoms with Crippen LogP contribution in [0, 0.1) is 13.8 Å². The summed E-state index contributed by atoms with van der Waals surface area (Å²) in [5, 5.41) is 4.47. The Balaban J connectivity index is 1.67. The van der Waals surface area contributed by atoms with Gasteiger partial charge in [0.2, 0.25) is 0 Å². The van der Waals surface area contributed by atoms with E-state index in [0.29, 0.717) is 11.5 Å². The second-order valence-electron chi connectivity index (χ2n) is 6.26. The number of rotatable bonds is 7. The van der Waals surface area contributed by atoms with Crippen LogP contribution in [0.1, 0.15) is 26.4 Å². The van der Waals surface area contributed by atoms with Crippen molar-refractivity contribution in [3.8, 4) is 11.5 Å². The third-order valence-electron chi connectivity index (χ3n) is 3.87. The maximum Gasteiger partial charge on any atom is 0.387 e. The topological polar surface area (TPSA) is 47.6 Å². The van der Waals surface area contributed by atoms with E-state index < -0.39 is 12.5 Å². The van der Waals surface area contributed by atoms with Gasteiger partial charge in [-0.2, -0.15) is 8.78 Å². The molecule has 2 aromatic carbocycles. The number of alkyl halides is 2. The molecule has 0 atom stereocenters. The van der Waals surface area contributed by atoms with Crippen molar-refractivity contribution >= 4 is 22.9 Å². The molecule has 1 aromatic heterocycles. The fraction of sp³-hybridized carbons (Fsp3) is 0.190. The Morgan fingerprint density at radius 1 is 1.11 bits per heavy atom. The van der Waals surface area contributed by atoms with Gasteiger partial charge in [0.25, 0.3) is 5.91 Å². The van der Waals surface area contributed by atoms with Crippen LogP contribution in [0.3, 0.4) is 0 Å². The molecule has 0 saturated carbocycles. The lowest BCUT2D eigenvalue weighted by molar-refractivity contribution is -0.0493. The number of amides is 1. The molecule has 146 valence electrons. The molecule has 28 heavy (non-hydrogen) atoms. The lowest BCUT2D eigenvalue weighted by Crippen LogP contribution is -2.13. The lowest BCUT2D eigenvalue weighted by atomic mass is 10.2. The van der Waals surface area contributed by atoms with Crippen LogP contribution < -0.4 is 14.8 Å². The van der Waals surface area contributed by atoms with Gasteiger partial charge in [-0.15, -0.1) is 11.3 Å². The van der Waals surface area contributed by atoms with Gasteiger partial charge in [-0.3, -0.25) is 4.79 Å². The molecule has 0 bridgehead atoms. The standard InChI is InChI=1S/C21H19F2NO3S/c1-13-4-3-5-16(8-13)26-11-15-10-19(28-12-15)20(25)24-17-9-14(2)6-7-18(17)27-21(22)23/h3-10,12,21H,11H2,1-2H3,(H,24,25). The average Bonchev–Trinajstić information content (AvgIpc) is 3.11. The van der Waals surface area contributed by atoms with Crippen molar-refractivity contribution < 1.29 is 23.0 Å². The summed E-state index contributed by atoms with van der Waals surface area (Å²) in [6, 6.07) is 14.1. The van der Waals surface area contributed by atoms with E-state index in [4.69, 9.17) is 4.74 Å². The first kappa shape index (κ1) is 19.8. The zero-order valence-corrected chi connectivity index (χ0v) is 16.2. The van der Waals surface area contributed by atoms with Crippen LogP contribution in [-0.4, -0.2) is 12.5 Å². The van der Waals surface area contributed by atoms with E-state index in [9.17, 15) is 13.6 Å². The highest BCUT2D eigenvalue weighted by Crippen LogP contribution is 2.28. The summed E-state index contributed by atoms with van der Waals surface area (Å²) in [7, 11) is 0. The first-order valence-electron chi connectivity index (χ1n) is 8.54. The monoisotopic (exact) mass is 403 g/mol. The molecule has 0 fully saturated rings. The Morgan fingerprint density at radius 2 is 1.89 bits per heavy atom. The average molecular weight is 403 g/mol. The van der Waals surface area contributed by atoms with Crippen LogP contribution in [0.5, 0.6) is 11.5 Å². The van der Waals surface area contributed by atoms with E-state index in [0.717, 1.165) is 22.4 Å². The molecule has 3 aromatic rings. The minimum absolute atomic E-state index is 0.0755. The molecule has 0 aliphatic rings. The zero-order valence-electron chi connectivity index (χ0n) is 15.4. The van der Waals surface area contributed by atoms with Crippen LogP contribution >= 0.6 is 11.3 Å². The highest BCUT2D eigenvalue weighted by molar-refractivity contribution is 7.12. The van der Waals surface area contributed by atoms with Crippen LogP contribution in [-0.2, 0) is 6.61 Å². The molecule has 7 heteroatoms. The molecule has 1 heterocycles. The van der Waals surface area contributed by atoms with E-state index in [1.165, 1.54) is 17.4 Å². The number of halogens is 2. The van der Waals surface area contributed by atoms with Crippen LogP contribution in [0.4, 0.5) is 14.5 Å². The van der Waals surface area contributed by atoms with Crippen LogP contribution in [0.2, 0.25) is 0 Å². The molecule has 0 aliphatic heterocycles. The molecular weight excluding hydrogens is 384 g/mol. The van der Waals surface area contributed by atoms with E-state index in [-0.39, 0.29) is 11.4 Å². The molecule has 0 radical (unpaired) electrons. The largest absolute Gasteiger partial charge is 0.489 e. The molecule has 0 saturated heterocycles. The number of hydrogen-bond acceptors (Lipinski definition) is 4. The highest BCUT2D eigenvalue weighted by atomic mass is 32.1. The summed E-state index contributed by atoms with van der Waals surface area (Å²) in [5.74, 6) is 0.288. The van der Waals surface area contributed by atoms with Crippen molar-refractivity contribution in [2.45, 2.75) is 27.1 Å². The van der Waals surface area contributed by atoms with Crippen LogP contribution in [0.25, 0.3) is 0 Å². The Morgan fingerprint density at radius 3 is 2.64 bits per heavy atom. The lowest BCUT2D eigenvalue weighted by Gasteiger charge is -2.12. The third kappa shape index (κ3) is 5.29. The summed E-state index contributed by atoms with van der Waals surface area (Å²) in [4.78, 5) is 13.0. The Hall–Kier alpha value is -2.93. The Bertz CT molecular complexity index is 972. The van der Waals surface area contributed by atoms with Gasteiger partial charge in [0.05, 0.1) is 10.6 Å². The number of nitrogens with one attached hydrogen (secondary N) is 1. The molecule has 0 unspecified atom stereocenters. The van der Waals surface area contributed by atoms with Crippen molar-refractivity contribution in [2.24, 2.45) is 0 Å².